The Labute approximate surface area is 281 Å². The first kappa shape index (κ1) is 30.4. The molecule has 7 aromatic carbocycles. The van der Waals surface area contributed by atoms with Crippen LogP contribution < -0.4 is 20.9 Å². The molecule has 4 nitrogen and oxygen atoms in total. The summed E-state index contributed by atoms with van der Waals surface area (Å²) in [5.41, 5.74) is 20.5. The van der Waals surface area contributed by atoms with Gasteiger partial charge in [-0.2, -0.15) is 0 Å². The van der Waals surface area contributed by atoms with Gasteiger partial charge >= 0.3 is 0 Å². The smallest absolute Gasteiger partial charge is 0.129 e. The topological polar surface area (TPSA) is 70.5 Å². The summed E-state index contributed by atoms with van der Waals surface area (Å²) in [5, 5.41) is 0. The van der Waals surface area contributed by atoms with Crippen molar-refractivity contribution >= 4 is 11.4 Å². The largest absolute Gasteiger partial charge is 0.457 e. The molecule has 0 saturated heterocycles. The molecule has 4 N–H and O–H groups in total. The van der Waals surface area contributed by atoms with E-state index in [1.54, 1.807) is 0 Å². The van der Waals surface area contributed by atoms with E-state index < -0.39 is 0 Å². The second-order valence-corrected chi connectivity index (χ2v) is 11.8. The van der Waals surface area contributed by atoms with Gasteiger partial charge in [0, 0.05) is 35.3 Å². The van der Waals surface area contributed by atoms with E-state index >= 15 is 0 Å². The summed E-state index contributed by atoms with van der Waals surface area (Å²) < 4.78 is 12.2. The highest BCUT2D eigenvalue weighted by molar-refractivity contribution is 5.51. The van der Waals surface area contributed by atoms with Gasteiger partial charge in [-0.05, 0) is 81.9 Å². The highest BCUT2D eigenvalue weighted by Gasteiger charge is 2.20. The number of ether oxygens (including phenoxy) is 2. The Hall–Kier alpha value is -6.26. The van der Waals surface area contributed by atoms with E-state index in [2.05, 4.69) is 109 Å². The number of anilines is 2. The molecule has 0 aliphatic heterocycles. The first-order valence-corrected chi connectivity index (χ1v) is 16.1. The summed E-state index contributed by atoms with van der Waals surface area (Å²) in [4.78, 5) is 0. The van der Waals surface area contributed by atoms with Crippen molar-refractivity contribution in [3.63, 3.8) is 0 Å². The van der Waals surface area contributed by atoms with Crippen LogP contribution in [0.3, 0.4) is 0 Å². The third-order valence-electron chi connectivity index (χ3n) is 8.48. The van der Waals surface area contributed by atoms with Crippen LogP contribution in [0.4, 0.5) is 11.4 Å². The lowest BCUT2D eigenvalue weighted by molar-refractivity contribution is 0.482. The maximum Gasteiger partial charge on any atom is 0.129 e. The highest BCUT2D eigenvalue weighted by Crippen LogP contribution is 2.37. The summed E-state index contributed by atoms with van der Waals surface area (Å²) in [7, 11) is 0. The molecule has 2 atom stereocenters. The molecule has 0 aliphatic carbocycles. The predicted octanol–water partition coefficient (Wildman–Crippen LogP) is 10.8. The molecule has 0 saturated carbocycles. The van der Waals surface area contributed by atoms with E-state index in [1.807, 2.05) is 72.8 Å². The van der Waals surface area contributed by atoms with Crippen LogP contribution in [0.15, 0.2) is 182 Å². The summed E-state index contributed by atoms with van der Waals surface area (Å²) in [6, 6.07) is 61.9. The standard InChI is InChI=1S/C44H36N2O2/c45-37-13-7-15-41(29-37)47-39-25-21-35(22-26-39)43(31-9-3-1-4-10-31)33-17-19-34(20-18-33)44(32-11-5-2-6-12-32)36-23-27-40(28-24-36)48-42-16-8-14-38(46)30-42/h1-30,43-44H,45-46H2. The van der Waals surface area contributed by atoms with Gasteiger partial charge in [0.15, 0.2) is 0 Å². The highest BCUT2D eigenvalue weighted by atomic mass is 16.5. The molecule has 7 aromatic rings. The van der Waals surface area contributed by atoms with Crippen LogP contribution >= 0.6 is 0 Å². The summed E-state index contributed by atoms with van der Waals surface area (Å²) in [6.07, 6.45) is 0. The van der Waals surface area contributed by atoms with E-state index in [4.69, 9.17) is 20.9 Å². The number of hydrogen-bond donors (Lipinski definition) is 2. The van der Waals surface area contributed by atoms with E-state index in [0.29, 0.717) is 11.4 Å². The minimum absolute atomic E-state index is 0.0558. The molecule has 0 fully saturated rings. The van der Waals surface area contributed by atoms with Gasteiger partial charge < -0.3 is 20.9 Å². The molecule has 0 bridgehead atoms. The Morgan fingerprint density at radius 1 is 0.292 bits per heavy atom. The molecule has 7 rings (SSSR count). The lowest BCUT2D eigenvalue weighted by atomic mass is 9.82. The molecular weight excluding hydrogens is 588 g/mol. The molecule has 0 aromatic heterocycles. The fourth-order valence-electron chi connectivity index (χ4n) is 6.21. The van der Waals surface area contributed by atoms with Crippen LogP contribution in [0.5, 0.6) is 23.0 Å². The van der Waals surface area contributed by atoms with E-state index in [-0.39, 0.29) is 11.8 Å². The maximum absolute atomic E-state index is 6.08. The van der Waals surface area contributed by atoms with Crippen LogP contribution in [0, 0.1) is 0 Å². The second kappa shape index (κ2) is 14.0. The van der Waals surface area contributed by atoms with Gasteiger partial charge in [-0.3, -0.25) is 0 Å². The van der Waals surface area contributed by atoms with Crippen molar-refractivity contribution in [3.05, 3.63) is 215 Å². The van der Waals surface area contributed by atoms with Gasteiger partial charge in [0.05, 0.1) is 0 Å². The third-order valence-corrected chi connectivity index (χ3v) is 8.48. The first-order chi connectivity index (χ1) is 23.6. The van der Waals surface area contributed by atoms with Crippen LogP contribution in [0.2, 0.25) is 0 Å². The molecule has 234 valence electrons. The first-order valence-electron chi connectivity index (χ1n) is 16.1. The van der Waals surface area contributed by atoms with Gasteiger partial charge in [-0.15, -0.1) is 0 Å². The van der Waals surface area contributed by atoms with Crippen molar-refractivity contribution in [1.29, 1.82) is 0 Å². The Morgan fingerprint density at radius 3 is 0.938 bits per heavy atom. The molecule has 0 amide bonds. The summed E-state index contributed by atoms with van der Waals surface area (Å²) in [6.45, 7) is 0. The number of benzene rings is 7. The van der Waals surface area contributed by atoms with Crippen molar-refractivity contribution in [3.8, 4) is 23.0 Å². The van der Waals surface area contributed by atoms with E-state index in [1.165, 1.54) is 33.4 Å². The quantitative estimate of drug-likeness (QED) is 0.117. The Kier molecular flexibility index (Phi) is 8.88. The van der Waals surface area contributed by atoms with E-state index in [9.17, 15) is 0 Å². The molecule has 2 unspecified atom stereocenters. The minimum atomic E-state index is 0.0558. The molecule has 0 heterocycles. The number of rotatable bonds is 10. The molecule has 0 radical (unpaired) electrons. The zero-order valence-corrected chi connectivity index (χ0v) is 26.4. The number of nitrogens with two attached hydrogens (primary N) is 2. The fourth-order valence-corrected chi connectivity index (χ4v) is 6.21. The van der Waals surface area contributed by atoms with Crippen molar-refractivity contribution in [2.24, 2.45) is 0 Å². The molecule has 0 spiro atoms. The summed E-state index contributed by atoms with van der Waals surface area (Å²) in [5.74, 6) is 3.08. The van der Waals surface area contributed by atoms with Crippen LogP contribution in [-0.4, -0.2) is 0 Å². The van der Waals surface area contributed by atoms with Crippen LogP contribution in [0.25, 0.3) is 0 Å². The SMILES string of the molecule is Nc1cccc(Oc2ccc(C(c3ccccc3)c3ccc(C(c4ccccc4)c4ccc(Oc5cccc(N)c5)cc4)cc3)cc2)c1. The van der Waals surface area contributed by atoms with Crippen LogP contribution in [-0.2, 0) is 0 Å². The molecule has 0 aliphatic rings. The van der Waals surface area contributed by atoms with Gasteiger partial charge in [0.2, 0.25) is 0 Å². The Bertz CT molecular complexity index is 1920. The van der Waals surface area contributed by atoms with Gasteiger partial charge in [-0.1, -0.05) is 121 Å². The number of nitrogen functional groups attached to an aromatic ring is 2. The molecule has 48 heavy (non-hydrogen) atoms. The monoisotopic (exact) mass is 624 g/mol. The Balaban J connectivity index is 1.18. The third kappa shape index (κ3) is 7.09. The van der Waals surface area contributed by atoms with Gasteiger partial charge in [0.25, 0.3) is 0 Å². The Morgan fingerprint density at radius 2 is 0.604 bits per heavy atom. The van der Waals surface area contributed by atoms with Crippen molar-refractivity contribution in [2.45, 2.75) is 11.8 Å². The van der Waals surface area contributed by atoms with Crippen molar-refractivity contribution in [2.75, 3.05) is 11.5 Å². The van der Waals surface area contributed by atoms with Gasteiger partial charge in [-0.25, -0.2) is 0 Å². The van der Waals surface area contributed by atoms with Crippen molar-refractivity contribution < 1.29 is 9.47 Å². The summed E-state index contributed by atoms with van der Waals surface area (Å²) >= 11 is 0. The van der Waals surface area contributed by atoms with E-state index in [0.717, 1.165) is 23.0 Å². The zero-order chi connectivity index (χ0) is 32.7. The average Bonchev–Trinajstić information content (AvgIpc) is 3.12. The fraction of sp³-hybridized carbons (Fsp3) is 0.0455. The zero-order valence-electron chi connectivity index (χ0n) is 26.4. The van der Waals surface area contributed by atoms with Crippen LogP contribution in [0.1, 0.15) is 45.2 Å². The van der Waals surface area contributed by atoms with Gasteiger partial charge in [0.1, 0.15) is 23.0 Å². The molecular formula is C44H36N2O2. The lowest BCUT2D eigenvalue weighted by Crippen LogP contribution is -2.06. The second-order valence-electron chi connectivity index (χ2n) is 11.8. The number of hydrogen-bond acceptors (Lipinski definition) is 4. The van der Waals surface area contributed by atoms with Crippen molar-refractivity contribution in [1.82, 2.24) is 0 Å². The average molecular weight is 625 g/mol. The minimum Gasteiger partial charge on any atom is -0.457 e. The normalized spacial score (nSPS) is 12.2. The lowest BCUT2D eigenvalue weighted by Gasteiger charge is -2.22. The maximum atomic E-state index is 6.08. The predicted molar refractivity (Wildman–Crippen MR) is 196 cm³/mol. The molecule has 4 heteroatoms.